The number of carboxylic acids is 3. The summed E-state index contributed by atoms with van der Waals surface area (Å²) in [4.78, 5) is 261. The van der Waals surface area contributed by atoms with Crippen molar-refractivity contribution in [3.63, 3.8) is 0 Å². The second-order valence-corrected chi connectivity index (χ2v) is 35.7. The third kappa shape index (κ3) is 41.1. The predicted octanol–water partition coefficient (Wildman–Crippen LogP) is 3.07. The molecule has 0 spiro atoms. The van der Waals surface area contributed by atoms with E-state index < -0.39 is 280 Å². The number of carbonyl (C=O) groups excluding carboxylic acids is 16. The van der Waals surface area contributed by atoms with Crippen molar-refractivity contribution in [2.45, 2.75) is 258 Å². The summed E-state index contributed by atoms with van der Waals surface area (Å²) < 4.78 is 0. The Morgan fingerprint density at radius 2 is 0.931 bits per heavy atom. The summed E-state index contributed by atoms with van der Waals surface area (Å²) in [5.41, 5.74) is 6.78. The number of nitrogens with zero attached hydrogens (tertiary/aromatic N) is 1. The van der Waals surface area contributed by atoms with Crippen LogP contribution in [-0.4, -0.2) is 261 Å². The van der Waals surface area contributed by atoms with Gasteiger partial charge in [0.1, 0.15) is 29.1 Å². The molecule has 37 nitrogen and oxygen atoms in total. The molecule has 3 aromatic rings. The van der Waals surface area contributed by atoms with Gasteiger partial charge in [-0.05, 0) is 145 Å². The number of ketones is 8. The monoisotopic (exact) mass is 1860 g/mol. The topological polar surface area (TPSA) is 620 Å². The minimum atomic E-state index is -1.99. The molecule has 38 heteroatoms. The number of aliphatic hydroxyl groups is 4. The van der Waals surface area contributed by atoms with Crippen molar-refractivity contribution in [3.05, 3.63) is 95.6 Å². The first kappa shape index (κ1) is 112. The molecule has 8 amide bonds. The summed E-state index contributed by atoms with van der Waals surface area (Å²) in [5, 5.41) is 111. The van der Waals surface area contributed by atoms with Gasteiger partial charge in [0.2, 0.25) is 47.3 Å². The van der Waals surface area contributed by atoms with Crippen LogP contribution in [0.15, 0.2) is 78.9 Å². The normalized spacial score (nSPS) is 16.2. The largest absolute Gasteiger partial charge is 0.508 e. The minimum absolute atomic E-state index is 0.0231. The Labute approximate surface area is 766 Å². The Bertz CT molecular complexity index is 4360. The maximum atomic E-state index is 14.8. The van der Waals surface area contributed by atoms with Gasteiger partial charge in [0.05, 0.1) is 110 Å². The van der Waals surface area contributed by atoms with Crippen molar-refractivity contribution in [2.75, 3.05) is 44.4 Å². The summed E-state index contributed by atoms with van der Waals surface area (Å²) in [6.45, 7) is 10.5. The van der Waals surface area contributed by atoms with Crippen LogP contribution in [0.25, 0.3) is 0 Å². The number of likely N-dealkylation sites (tertiary alicyclic amines) is 1. The average molecular weight is 1860 g/mol. The molecule has 18 N–H and O–H groups in total. The highest BCUT2D eigenvalue weighted by atomic mass is 32.2. The van der Waals surface area contributed by atoms with Crippen LogP contribution in [0.5, 0.6) is 11.5 Å². The van der Waals surface area contributed by atoms with E-state index in [2.05, 4.69) is 37.2 Å². The molecular weight excluding hydrogens is 1720 g/mol. The predicted molar refractivity (Wildman–Crippen MR) is 479 cm³/mol. The van der Waals surface area contributed by atoms with Crippen LogP contribution in [-0.2, 0) is 110 Å². The molecule has 0 unspecified atom stereocenters. The summed E-state index contributed by atoms with van der Waals surface area (Å²) in [5.74, 6) is -29.7. The number of hydrogen-bond donors (Lipinski definition) is 17. The molecule has 1 aliphatic rings. The number of amides is 8. The van der Waals surface area contributed by atoms with Crippen LogP contribution in [0.1, 0.15) is 200 Å². The maximum absolute atomic E-state index is 14.8. The van der Waals surface area contributed by atoms with E-state index in [1.54, 1.807) is 69.9 Å². The SMILES string of the molecule is CC[C@H](C)[C@H](NC(=O)[C@H](CO)CC(=O)[C@H](Cc1ccc(O)cc1)NC(=O)[C@H](CC(=O)O)CC(=O)[C@H](CO)NC(=O)[C@@H](CC(=O)[C@H](Cc1ccccc1)NC(=O)[C@@H](CC(=O)CNC(=O)[C@H](CCC(=O)O)CC(=O)CSCC(=O)CCCN1C(=O)CC[C@@H]1C)[C@@H](C)O)[C@@H](C)O)C(=O)C[C@@H](Cc1ccc(O)cc1)C(=O)N[C@@H](CC(C)C)C(=O)C[C@@H](CC(=O)O)C(=O)N[C@H](C)CCCCN. The number of aliphatic carboxylic acids is 3. The van der Waals surface area contributed by atoms with Crippen molar-refractivity contribution in [1.29, 1.82) is 0 Å². The lowest BCUT2D eigenvalue weighted by molar-refractivity contribution is -0.143. The number of phenols is 2. The zero-order valence-corrected chi connectivity index (χ0v) is 76.6. The van der Waals surface area contributed by atoms with Crippen LogP contribution >= 0.6 is 11.8 Å². The fourth-order valence-electron chi connectivity index (χ4n) is 15.2. The molecule has 0 aromatic heterocycles. The van der Waals surface area contributed by atoms with Crippen LogP contribution < -0.4 is 43.0 Å². The number of nitrogens with one attached hydrogen (secondary N) is 7. The van der Waals surface area contributed by atoms with E-state index in [4.69, 9.17) is 5.73 Å². The number of carboxylic acid groups (broad SMARTS) is 3. The number of aromatic hydroxyl groups is 2. The Hall–Kier alpha value is -11.1. The molecule has 0 bridgehead atoms. The van der Waals surface area contributed by atoms with Crippen molar-refractivity contribution in [3.8, 4) is 11.5 Å². The van der Waals surface area contributed by atoms with E-state index in [1.807, 2.05) is 6.92 Å². The lowest BCUT2D eigenvalue weighted by Gasteiger charge is -2.28. The van der Waals surface area contributed by atoms with Gasteiger partial charge in [0.15, 0.2) is 34.7 Å². The molecule has 1 fully saturated rings. The zero-order valence-electron chi connectivity index (χ0n) is 75.8. The highest BCUT2D eigenvalue weighted by molar-refractivity contribution is 8.00. The number of carbonyl (C=O) groups is 19. The van der Waals surface area contributed by atoms with Crippen LogP contribution in [0.4, 0.5) is 0 Å². The third-order valence-electron chi connectivity index (χ3n) is 23.2. The molecule has 1 saturated heterocycles. The van der Waals surface area contributed by atoms with Crippen molar-refractivity contribution < 1.29 is 137 Å². The van der Waals surface area contributed by atoms with Gasteiger partial charge in [0, 0.05) is 94.7 Å². The zero-order chi connectivity index (χ0) is 97.9. The smallest absolute Gasteiger partial charge is 0.304 e. The van der Waals surface area contributed by atoms with Gasteiger partial charge in [-0.1, -0.05) is 95.1 Å². The van der Waals surface area contributed by atoms with Gasteiger partial charge in [-0.2, -0.15) is 0 Å². The van der Waals surface area contributed by atoms with Gasteiger partial charge < -0.3 is 93.8 Å². The van der Waals surface area contributed by atoms with Crippen molar-refractivity contribution in [2.24, 2.45) is 59.0 Å². The molecule has 131 heavy (non-hydrogen) atoms. The number of rotatable bonds is 67. The lowest BCUT2D eigenvalue weighted by atomic mass is 9.85. The van der Waals surface area contributed by atoms with E-state index in [0.717, 1.165) is 32.0 Å². The summed E-state index contributed by atoms with van der Waals surface area (Å²) >= 11 is 1.01. The van der Waals surface area contributed by atoms with Gasteiger partial charge in [0.25, 0.3) is 0 Å². The summed E-state index contributed by atoms with van der Waals surface area (Å²) in [6.07, 6.45) is -8.26. The van der Waals surface area contributed by atoms with E-state index in [1.165, 1.54) is 48.5 Å². The average Bonchev–Trinajstić information content (AvgIpc) is 1.01. The second-order valence-electron chi connectivity index (χ2n) is 34.7. The van der Waals surface area contributed by atoms with Gasteiger partial charge in [-0.25, -0.2) is 0 Å². The number of hydrogen-bond acceptors (Lipinski definition) is 27. The number of Topliss-reactive ketones (excluding diaryl/α,β-unsaturated/α-hetero) is 8. The van der Waals surface area contributed by atoms with Crippen molar-refractivity contribution in [1.82, 2.24) is 42.1 Å². The van der Waals surface area contributed by atoms with Gasteiger partial charge >= 0.3 is 17.9 Å². The van der Waals surface area contributed by atoms with E-state index in [-0.39, 0.29) is 96.8 Å². The van der Waals surface area contributed by atoms with Crippen LogP contribution in [0.2, 0.25) is 0 Å². The first-order chi connectivity index (χ1) is 61.9. The standard InChI is InChI=1S/C93H133N9O28S/c1-9-53(4)86(81(116)41-62(35-59-21-26-66(107)27-22-59)89(126)97-73(34-52(2)3)77(112)39-63(43-84(120)121)88(125)96-54(5)16-13-14-32-94)101-91(128)65(48-103)42-78(113)74(37-60-23-28-67(108)29-24-60)98-90(127)64(44-85(122)123)40-79(114)76(49-104)100-93(130)72(57(8)106)46-80(115)75(36-58-17-11-10-12-18-58)99-92(129)71(56(7)105)45-69(110)47-95-87(124)61(25-31-83(118)119)38-70(111)51-131-50-68(109)19-15-33-102-55(6)20-30-82(102)117/h10-12,17-18,21-24,26-29,52-57,61-65,71-76,86,103-108H,9,13-16,19-20,25,30-51,94H2,1-8H3,(H,95,124)(H,96,125)(H,97,126)(H,98,127)(H,99,129)(H,100,130)(H,101,128)(H,118,119)(H,120,121)(H,122,123)/t53-,54+,55-,56+,57+,61+,62+,63-,64-,65-,71-,72-,73-,74-,75-,76-,86-/m0/s1. The number of aliphatic hydroxyl groups excluding tert-OH is 4. The Morgan fingerprint density at radius 3 is 1.44 bits per heavy atom. The number of phenolic OH excluding ortho intramolecular Hbond substituents is 2. The molecule has 4 rings (SSSR count). The molecule has 17 atom stereocenters. The maximum Gasteiger partial charge on any atom is 0.304 e. The second kappa shape index (κ2) is 58.0. The van der Waals surface area contributed by atoms with Crippen LogP contribution in [0.3, 0.4) is 0 Å². The fraction of sp³-hybridized carbons (Fsp3) is 0.602. The molecular formula is C93H133N9O28S. The van der Waals surface area contributed by atoms with Gasteiger partial charge in [-0.15, -0.1) is 11.8 Å². The molecule has 3 aromatic carbocycles. The molecule has 0 saturated carbocycles. The van der Waals surface area contributed by atoms with E-state index >= 15 is 0 Å². The molecule has 724 valence electrons. The number of unbranched alkanes of at least 4 members (excludes halogenated alkanes) is 1. The molecule has 0 radical (unpaired) electrons. The number of thioether (sulfide) groups is 1. The highest BCUT2D eigenvalue weighted by Gasteiger charge is 2.41. The minimum Gasteiger partial charge on any atom is -0.508 e. The Kier molecular flexibility index (Phi) is 49.7. The Morgan fingerprint density at radius 1 is 0.458 bits per heavy atom. The lowest BCUT2D eigenvalue weighted by Crippen LogP contribution is -2.52. The number of nitrogens with two attached hydrogens (primary N) is 1. The Balaban J connectivity index is 1.53. The third-order valence-corrected chi connectivity index (χ3v) is 24.2. The molecule has 0 aliphatic carbocycles. The molecule has 1 aliphatic heterocycles. The summed E-state index contributed by atoms with van der Waals surface area (Å²) in [7, 11) is 0. The fourth-order valence-corrected chi connectivity index (χ4v) is 16.0. The first-order valence-corrected chi connectivity index (χ1v) is 45.7. The summed E-state index contributed by atoms with van der Waals surface area (Å²) in [6, 6.07) is 10.6. The van der Waals surface area contributed by atoms with E-state index in [9.17, 15) is 137 Å². The van der Waals surface area contributed by atoms with Gasteiger partial charge in [-0.3, -0.25) is 91.1 Å². The number of benzene rings is 3. The first-order valence-electron chi connectivity index (χ1n) is 44.6. The highest BCUT2D eigenvalue weighted by Crippen LogP contribution is 2.27. The quantitative estimate of drug-likeness (QED) is 0.0361. The van der Waals surface area contributed by atoms with Crippen molar-refractivity contribution >= 4 is 123 Å². The molecule has 1 heterocycles. The van der Waals surface area contributed by atoms with E-state index in [0.29, 0.717) is 56.3 Å². The van der Waals surface area contributed by atoms with Crippen LogP contribution in [0, 0.1) is 53.3 Å².